The van der Waals surface area contributed by atoms with Crippen molar-refractivity contribution in [2.24, 2.45) is 0 Å². The molecule has 1 fully saturated rings. The van der Waals surface area contributed by atoms with Crippen LogP contribution in [0.3, 0.4) is 0 Å². The summed E-state index contributed by atoms with van der Waals surface area (Å²) in [7, 11) is -0.422. The summed E-state index contributed by atoms with van der Waals surface area (Å²) in [6, 6.07) is 8.96. The van der Waals surface area contributed by atoms with Gasteiger partial charge in [0.25, 0.3) is 0 Å². The first kappa shape index (κ1) is 19.3. The number of benzene rings is 2. The largest absolute Gasteiger partial charge is 0.493 e. The van der Waals surface area contributed by atoms with Gasteiger partial charge in [0.1, 0.15) is 5.75 Å². The second-order valence-corrected chi connectivity index (χ2v) is 8.59. The minimum atomic E-state index is -3.46. The Morgan fingerprint density at radius 2 is 1.72 bits per heavy atom. The quantitative estimate of drug-likeness (QED) is 0.622. The first-order chi connectivity index (χ1) is 13.9. The van der Waals surface area contributed by atoms with Gasteiger partial charge in [-0.15, -0.1) is 0 Å². The number of aromatic nitrogens is 1. The molecule has 0 saturated heterocycles. The molecule has 1 saturated carbocycles. The molecule has 0 unspecified atom stereocenters. The normalized spacial score (nSPS) is 13.9. The van der Waals surface area contributed by atoms with Crippen molar-refractivity contribution in [3.8, 4) is 23.0 Å². The maximum atomic E-state index is 14.6. The molecule has 0 spiro atoms. The molecule has 4 rings (SSSR count). The Bertz CT molecular complexity index is 1180. The third-order valence-electron chi connectivity index (χ3n) is 4.58. The van der Waals surface area contributed by atoms with Crippen LogP contribution in [0, 0.1) is 5.82 Å². The molecule has 1 heterocycles. The van der Waals surface area contributed by atoms with Crippen molar-refractivity contribution in [3.05, 3.63) is 48.4 Å². The summed E-state index contributed by atoms with van der Waals surface area (Å²) in [4.78, 5) is 4.28. The average Bonchev–Trinajstić information content (AvgIpc) is 3.55. The highest BCUT2D eigenvalue weighted by atomic mass is 32.2. The molecule has 9 heteroatoms. The summed E-state index contributed by atoms with van der Waals surface area (Å²) in [5.74, 6) is 0.653. The molecule has 3 aromatic rings. The van der Waals surface area contributed by atoms with E-state index < -0.39 is 21.1 Å². The Labute approximate surface area is 167 Å². The third kappa shape index (κ3) is 3.91. The standard InChI is InChI=1S/C20H19FN2O5S/c1-26-19-10-14-16(11-20(19)27-2)22-8-7-17(14)28-18-6-3-12(9-15(18)21)23-29(24,25)13-4-5-13/h3,6-11,13,23H,4-5H2,1-2H3. The zero-order valence-electron chi connectivity index (χ0n) is 15.8. The summed E-state index contributed by atoms with van der Waals surface area (Å²) in [5.41, 5.74) is 0.752. The monoisotopic (exact) mass is 418 g/mol. The highest BCUT2D eigenvalue weighted by Gasteiger charge is 2.35. The highest BCUT2D eigenvalue weighted by Crippen LogP contribution is 2.38. The van der Waals surface area contributed by atoms with Crippen molar-refractivity contribution < 1.29 is 27.0 Å². The van der Waals surface area contributed by atoms with Crippen LogP contribution in [0.25, 0.3) is 10.9 Å². The molecule has 0 bridgehead atoms. The molecule has 152 valence electrons. The van der Waals surface area contributed by atoms with Gasteiger partial charge in [-0.05, 0) is 37.1 Å². The molecular weight excluding hydrogens is 399 g/mol. The lowest BCUT2D eigenvalue weighted by Crippen LogP contribution is -2.17. The number of rotatable bonds is 7. The van der Waals surface area contributed by atoms with E-state index in [0.29, 0.717) is 41.0 Å². The number of anilines is 1. The predicted octanol–water partition coefficient (Wildman–Crippen LogP) is 4.09. The molecule has 2 aromatic carbocycles. The Morgan fingerprint density at radius 3 is 2.38 bits per heavy atom. The fraction of sp³-hybridized carbons (Fsp3) is 0.250. The van der Waals surface area contributed by atoms with Gasteiger partial charge in [-0.1, -0.05) is 0 Å². The van der Waals surface area contributed by atoms with Gasteiger partial charge in [0, 0.05) is 23.7 Å². The second-order valence-electron chi connectivity index (χ2n) is 6.63. The zero-order chi connectivity index (χ0) is 20.6. The minimum Gasteiger partial charge on any atom is -0.493 e. The summed E-state index contributed by atoms with van der Waals surface area (Å²) in [6.07, 6.45) is 2.80. The first-order valence-electron chi connectivity index (χ1n) is 8.91. The van der Waals surface area contributed by atoms with Crippen molar-refractivity contribution in [1.82, 2.24) is 4.98 Å². The molecule has 0 aliphatic heterocycles. The maximum absolute atomic E-state index is 14.6. The van der Waals surface area contributed by atoms with Crippen molar-refractivity contribution in [2.45, 2.75) is 18.1 Å². The van der Waals surface area contributed by atoms with E-state index in [1.807, 2.05) is 0 Å². The molecular formula is C20H19FN2O5S. The van der Waals surface area contributed by atoms with E-state index >= 15 is 0 Å². The lowest BCUT2D eigenvalue weighted by atomic mass is 10.2. The predicted molar refractivity (Wildman–Crippen MR) is 107 cm³/mol. The maximum Gasteiger partial charge on any atom is 0.235 e. The lowest BCUT2D eigenvalue weighted by molar-refractivity contribution is 0.355. The number of halogens is 1. The SMILES string of the molecule is COc1cc2nccc(Oc3ccc(NS(=O)(=O)C4CC4)cc3F)c2cc1OC. The Balaban J connectivity index is 1.64. The number of hydrogen-bond donors (Lipinski definition) is 1. The number of ether oxygens (including phenoxy) is 3. The molecule has 1 aliphatic rings. The van der Waals surface area contributed by atoms with E-state index in [-0.39, 0.29) is 11.4 Å². The van der Waals surface area contributed by atoms with E-state index in [0.717, 1.165) is 6.07 Å². The van der Waals surface area contributed by atoms with Crippen LogP contribution in [0.1, 0.15) is 12.8 Å². The van der Waals surface area contributed by atoms with Crippen molar-refractivity contribution in [1.29, 1.82) is 0 Å². The van der Waals surface area contributed by atoms with Gasteiger partial charge in [-0.25, -0.2) is 12.8 Å². The summed E-state index contributed by atoms with van der Waals surface area (Å²) in [6.45, 7) is 0. The van der Waals surface area contributed by atoms with Gasteiger partial charge in [0.2, 0.25) is 10.0 Å². The van der Waals surface area contributed by atoms with Crippen LogP contribution in [-0.2, 0) is 10.0 Å². The number of pyridine rings is 1. The van der Waals surface area contributed by atoms with E-state index in [9.17, 15) is 12.8 Å². The van der Waals surface area contributed by atoms with Crippen molar-refractivity contribution in [3.63, 3.8) is 0 Å². The van der Waals surface area contributed by atoms with Gasteiger partial charge in [0.15, 0.2) is 23.1 Å². The van der Waals surface area contributed by atoms with Crippen LogP contribution in [0.5, 0.6) is 23.0 Å². The highest BCUT2D eigenvalue weighted by molar-refractivity contribution is 7.93. The molecule has 29 heavy (non-hydrogen) atoms. The van der Waals surface area contributed by atoms with Gasteiger partial charge >= 0.3 is 0 Å². The number of methoxy groups -OCH3 is 2. The number of fused-ring (bicyclic) bond motifs is 1. The molecule has 7 nitrogen and oxygen atoms in total. The number of nitrogens with zero attached hydrogens (tertiary/aromatic N) is 1. The molecule has 1 aromatic heterocycles. The van der Waals surface area contributed by atoms with Gasteiger partial charge in [-0.3, -0.25) is 9.71 Å². The zero-order valence-corrected chi connectivity index (χ0v) is 16.6. The Kier molecular flexibility index (Phi) is 4.91. The summed E-state index contributed by atoms with van der Waals surface area (Å²) in [5, 5.41) is 0.222. The molecule has 1 aliphatic carbocycles. The third-order valence-corrected chi connectivity index (χ3v) is 6.45. The van der Waals surface area contributed by atoms with Gasteiger partial charge < -0.3 is 14.2 Å². The first-order valence-corrected chi connectivity index (χ1v) is 10.5. The Morgan fingerprint density at radius 1 is 1.00 bits per heavy atom. The topological polar surface area (TPSA) is 86.8 Å². The summed E-state index contributed by atoms with van der Waals surface area (Å²) < 4.78 is 57.3. The van der Waals surface area contributed by atoms with Gasteiger partial charge in [-0.2, -0.15) is 0 Å². The molecule has 0 amide bonds. The lowest BCUT2D eigenvalue weighted by Gasteiger charge is -2.13. The van der Waals surface area contributed by atoms with Crippen LogP contribution in [0.15, 0.2) is 42.6 Å². The van der Waals surface area contributed by atoms with Crippen LogP contribution in [0.2, 0.25) is 0 Å². The fourth-order valence-electron chi connectivity index (χ4n) is 2.93. The average molecular weight is 418 g/mol. The van der Waals surface area contributed by atoms with Gasteiger partial charge in [0.05, 0.1) is 30.7 Å². The van der Waals surface area contributed by atoms with Crippen molar-refractivity contribution in [2.75, 3.05) is 18.9 Å². The number of sulfonamides is 1. The smallest absolute Gasteiger partial charge is 0.235 e. The van der Waals surface area contributed by atoms with E-state index in [2.05, 4.69) is 9.71 Å². The number of nitrogens with one attached hydrogen (secondary N) is 1. The number of hydrogen-bond acceptors (Lipinski definition) is 6. The fourth-order valence-corrected chi connectivity index (χ4v) is 4.31. The minimum absolute atomic E-state index is 0.0401. The molecule has 0 atom stereocenters. The van der Waals surface area contributed by atoms with E-state index in [1.165, 1.54) is 26.4 Å². The van der Waals surface area contributed by atoms with E-state index in [4.69, 9.17) is 14.2 Å². The van der Waals surface area contributed by atoms with Crippen LogP contribution < -0.4 is 18.9 Å². The van der Waals surface area contributed by atoms with E-state index in [1.54, 1.807) is 24.4 Å². The van der Waals surface area contributed by atoms with Crippen LogP contribution in [0.4, 0.5) is 10.1 Å². The molecule has 0 radical (unpaired) electrons. The summed E-state index contributed by atoms with van der Waals surface area (Å²) >= 11 is 0. The van der Waals surface area contributed by atoms with Crippen LogP contribution >= 0.6 is 0 Å². The molecule has 1 N–H and O–H groups in total. The van der Waals surface area contributed by atoms with Crippen molar-refractivity contribution >= 4 is 26.6 Å². The van der Waals surface area contributed by atoms with Crippen LogP contribution in [-0.4, -0.2) is 32.9 Å². The Hall–Kier alpha value is -3.07. The second kappa shape index (κ2) is 7.40.